The number of aliphatic carboxylic acids is 1. The number of unbranched alkanes of at least 4 members (excludes halogenated alkanes) is 7. The Morgan fingerprint density at radius 3 is 1.69 bits per heavy atom. The number of carbonyl (C=O) groups excluding carboxylic acids is 2. The molecule has 2 amide bonds. The number of nitrogens with two attached hydrogens (primary N) is 2. The highest BCUT2D eigenvalue weighted by molar-refractivity contribution is 5.87. The number of carboxylic acid groups (broad SMARTS) is 1. The number of rotatable bonds is 26. The van der Waals surface area contributed by atoms with Crippen molar-refractivity contribution in [3.8, 4) is 0 Å². The molecule has 0 fully saturated rings. The summed E-state index contributed by atoms with van der Waals surface area (Å²) in [4.78, 5) is 40.8. The minimum Gasteiger partial charge on any atom is -0.480 e. The molecule has 11 nitrogen and oxygen atoms in total. The first kappa shape index (κ1) is 49.6. The van der Waals surface area contributed by atoms with Crippen LogP contribution in [0.25, 0.3) is 10.9 Å². The van der Waals surface area contributed by atoms with Crippen molar-refractivity contribution in [1.29, 1.82) is 0 Å². The monoisotopic (exact) mass is 800 g/mol. The Morgan fingerprint density at radius 1 is 0.672 bits per heavy atom. The van der Waals surface area contributed by atoms with Gasteiger partial charge in [-0.05, 0) is 94.1 Å². The van der Waals surface area contributed by atoms with Crippen molar-refractivity contribution in [2.24, 2.45) is 11.5 Å². The Kier molecular flexibility index (Phi) is 26.9. The predicted molar refractivity (Wildman–Crippen MR) is 240 cm³/mol. The molecule has 58 heavy (non-hydrogen) atoms. The van der Waals surface area contributed by atoms with E-state index in [-0.39, 0.29) is 24.2 Å². The largest absolute Gasteiger partial charge is 0.480 e. The zero-order chi connectivity index (χ0) is 42.2. The third-order valence-electron chi connectivity index (χ3n) is 9.77. The van der Waals surface area contributed by atoms with Gasteiger partial charge in [0.05, 0.1) is 5.92 Å². The smallest absolute Gasteiger partial charge is 0.326 e. The zero-order valence-electron chi connectivity index (χ0n) is 35.5. The summed E-state index contributed by atoms with van der Waals surface area (Å²) < 4.78 is 0. The topological polar surface area (TPSA) is 179 Å². The molecule has 0 radical (unpaired) electrons. The molecule has 11 heteroatoms. The van der Waals surface area contributed by atoms with Crippen LogP contribution in [0.2, 0.25) is 0 Å². The summed E-state index contributed by atoms with van der Waals surface area (Å²) in [5.74, 6) is -1.29. The van der Waals surface area contributed by atoms with Gasteiger partial charge in [-0.1, -0.05) is 124 Å². The molecule has 0 saturated heterocycles. The average molecular weight is 800 g/mol. The number of carbonyl (C=O) groups is 3. The molecule has 1 atom stereocenters. The number of nitrogens with zero attached hydrogens (tertiary/aromatic N) is 1. The summed E-state index contributed by atoms with van der Waals surface area (Å²) in [6.45, 7) is 8.09. The maximum atomic E-state index is 12.4. The molecule has 0 unspecified atom stereocenters. The molecule has 4 rings (SSSR count). The van der Waals surface area contributed by atoms with Crippen LogP contribution in [0, 0.1) is 0 Å². The second-order valence-electron chi connectivity index (χ2n) is 14.9. The van der Waals surface area contributed by atoms with Gasteiger partial charge in [-0.15, -0.1) is 0 Å². The van der Waals surface area contributed by atoms with Crippen molar-refractivity contribution in [2.45, 2.75) is 102 Å². The first-order valence-electron chi connectivity index (χ1n) is 21.4. The summed E-state index contributed by atoms with van der Waals surface area (Å²) >= 11 is 0. The van der Waals surface area contributed by atoms with Crippen LogP contribution in [0.3, 0.4) is 0 Å². The van der Waals surface area contributed by atoms with Gasteiger partial charge < -0.3 is 42.4 Å². The van der Waals surface area contributed by atoms with Crippen molar-refractivity contribution in [3.05, 3.63) is 108 Å². The second-order valence-corrected chi connectivity index (χ2v) is 14.9. The molecule has 3 aromatic carbocycles. The molecule has 0 aliphatic rings. The normalized spacial score (nSPS) is 11.3. The predicted octanol–water partition coefficient (Wildman–Crippen LogP) is 6.97. The molecule has 0 bridgehead atoms. The minimum atomic E-state index is -0.997. The third-order valence-corrected chi connectivity index (χ3v) is 9.77. The molecule has 1 aromatic heterocycles. The highest BCUT2D eigenvalue weighted by Crippen LogP contribution is 2.26. The number of likely N-dealkylation sites (N-methyl/N-ethyl adjacent to an activating group) is 1. The zero-order valence-corrected chi connectivity index (χ0v) is 35.5. The molecule has 9 N–H and O–H groups in total. The van der Waals surface area contributed by atoms with E-state index in [4.69, 9.17) is 11.5 Å². The van der Waals surface area contributed by atoms with E-state index in [2.05, 4.69) is 27.9 Å². The highest BCUT2D eigenvalue weighted by Gasteiger charge is 2.24. The van der Waals surface area contributed by atoms with Crippen molar-refractivity contribution in [2.75, 3.05) is 53.4 Å². The van der Waals surface area contributed by atoms with E-state index in [0.717, 1.165) is 99.0 Å². The number of hydrogen-bond acceptors (Lipinski definition) is 7. The number of aromatic nitrogens is 1. The lowest BCUT2D eigenvalue weighted by molar-refractivity contribution is -0.141. The van der Waals surface area contributed by atoms with Gasteiger partial charge in [0.25, 0.3) is 0 Å². The molecular weight excluding hydrogens is 727 g/mol. The van der Waals surface area contributed by atoms with Crippen molar-refractivity contribution >= 4 is 28.7 Å². The third kappa shape index (κ3) is 20.7. The van der Waals surface area contributed by atoms with Crippen LogP contribution in [-0.2, 0) is 20.8 Å². The van der Waals surface area contributed by atoms with Crippen LogP contribution in [0.15, 0.2) is 91.1 Å². The number of H-pyrrole nitrogens is 1. The summed E-state index contributed by atoms with van der Waals surface area (Å²) in [6, 6.07) is 26.7. The fourth-order valence-corrected chi connectivity index (χ4v) is 6.46. The minimum absolute atomic E-state index is 0.104. The molecule has 4 aromatic rings. The van der Waals surface area contributed by atoms with Crippen LogP contribution in [-0.4, -0.2) is 92.2 Å². The standard InChI is InChI=1S/C21H30N2O3.C16H17NO.C10H26N4/c1-2-3-4-5-6-7-8-13-20(24)23-19(21(25)26)14-16-15-22-18-12-10-9-11-17(16)18;1-17(2)16(18)15(13-9-5-3-6-10-13)14-11-7-4-8-12-14;11-5-3-9-13-7-1-2-8-14-10-4-6-12/h9-12,15,19,22H,2-8,13-14H2,1H3,(H,23,24)(H,25,26);3-12,15H,1-2H3;13-14H,1-12H2/t19-;;/m0../s1. The maximum Gasteiger partial charge on any atom is 0.326 e. The van der Waals surface area contributed by atoms with Gasteiger partial charge in [-0.25, -0.2) is 4.79 Å². The molecule has 0 saturated carbocycles. The van der Waals surface area contributed by atoms with Crippen LogP contribution >= 0.6 is 0 Å². The number of para-hydroxylation sites is 1. The summed E-state index contributed by atoms with van der Waals surface area (Å²) in [5, 5.41) is 19.9. The van der Waals surface area contributed by atoms with Gasteiger partial charge in [0, 0.05) is 44.0 Å². The van der Waals surface area contributed by atoms with Crippen molar-refractivity contribution in [3.63, 3.8) is 0 Å². The second kappa shape index (κ2) is 31.4. The summed E-state index contributed by atoms with van der Waals surface area (Å²) in [7, 11) is 3.59. The number of benzene rings is 3. The SMILES string of the molecule is CCCCCCCCCC(=O)N[C@@H](Cc1c[nH]c2ccccc12)C(=O)O.CN(C)C(=O)C(c1ccccc1)c1ccccc1.NCCCNCCCCNCCCN. The first-order chi connectivity index (χ1) is 28.2. The van der Waals surface area contributed by atoms with Gasteiger partial charge in [0.2, 0.25) is 11.8 Å². The highest BCUT2D eigenvalue weighted by atomic mass is 16.4. The number of carboxylic acids is 1. The van der Waals surface area contributed by atoms with Gasteiger partial charge in [0.15, 0.2) is 0 Å². The van der Waals surface area contributed by atoms with Crippen LogP contribution in [0.1, 0.15) is 107 Å². The fourth-order valence-electron chi connectivity index (χ4n) is 6.46. The maximum absolute atomic E-state index is 12.4. The Hall–Kier alpha value is -4.55. The quantitative estimate of drug-likeness (QED) is 0.0333. The van der Waals surface area contributed by atoms with E-state index < -0.39 is 12.0 Å². The van der Waals surface area contributed by atoms with Crippen LogP contribution < -0.4 is 27.4 Å². The summed E-state index contributed by atoms with van der Waals surface area (Å²) in [5.41, 5.74) is 14.7. The Labute approximate surface area is 348 Å². The number of aromatic amines is 1. The number of nitrogens with one attached hydrogen (secondary N) is 4. The van der Waals surface area contributed by atoms with E-state index in [0.29, 0.717) is 6.42 Å². The van der Waals surface area contributed by atoms with Gasteiger partial charge in [0.1, 0.15) is 6.04 Å². The first-order valence-corrected chi connectivity index (χ1v) is 21.4. The number of amides is 2. The summed E-state index contributed by atoms with van der Waals surface area (Å²) in [6.07, 6.45) is 15.1. The van der Waals surface area contributed by atoms with Crippen molar-refractivity contribution < 1.29 is 19.5 Å². The van der Waals surface area contributed by atoms with Gasteiger partial charge in [-0.2, -0.15) is 0 Å². The molecule has 1 heterocycles. The van der Waals surface area contributed by atoms with E-state index >= 15 is 0 Å². The molecule has 0 spiro atoms. The number of fused-ring (bicyclic) bond motifs is 1. The average Bonchev–Trinajstić information content (AvgIpc) is 3.65. The van der Waals surface area contributed by atoms with E-state index in [1.54, 1.807) is 19.0 Å². The molecule has 0 aliphatic heterocycles. The Bertz CT molecular complexity index is 1600. The lowest BCUT2D eigenvalue weighted by Gasteiger charge is -2.21. The lowest BCUT2D eigenvalue weighted by Crippen LogP contribution is -2.42. The van der Waals surface area contributed by atoms with E-state index in [1.165, 1.54) is 38.5 Å². The van der Waals surface area contributed by atoms with E-state index in [9.17, 15) is 19.5 Å². The number of hydrogen-bond donors (Lipinski definition) is 7. The van der Waals surface area contributed by atoms with Crippen LogP contribution in [0.4, 0.5) is 0 Å². The van der Waals surface area contributed by atoms with Crippen molar-refractivity contribution in [1.82, 2.24) is 25.8 Å². The Balaban J connectivity index is 0.000000317. The Morgan fingerprint density at radius 2 is 1.17 bits per heavy atom. The molecular formula is C47H73N7O4. The van der Waals surface area contributed by atoms with Crippen LogP contribution in [0.5, 0.6) is 0 Å². The molecule has 0 aliphatic carbocycles. The van der Waals surface area contributed by atoms with Gasteiger partial charge >= 0.3 is 5.97 Å². The van der Waals surface area contributed by atoms with E-state index in [1.807, 2.05) is 91.1 Å². The fraction of sp³-hybridized carbons (Fsp3) is 0.511. The molecule has 320 valence electrons. The lowest BCUT2D eigenvalue weighted by atomic mass is 9.90. The van der Waals surface area contributed by atoms with Gasteiger partial charge in [-0.3, -0.25) is 9.59 Å².